The molecule has 2 heterocycles. The third-order valence-corrected chi connectivity index (χ3v) is 6.77. The topological polar surface area (TPSA) is 56.1 Å². The number of aromatic nitrogens is 2. The fourth-order valence-corrected chi connectivity index (χ4v) is 4.73. The summed E-state index contributed by atoms with van der Waals surface area (Å²) in [6.45, 7) is 5.12. The van der Waals surface area contributed by atoms with Gasteiger partial charge in [-0.15, -0.1) is 11.3 Å². The lowest BCUT2D eigenvalue weighted by Crippen LogP contribution is -2.11. The summed E-state index contributed by atoms with van der Waals surface area (Å²) in [6, 6.07) is 16.0. The minimum atomic E-state index is -0.192. The molecule has 5 nitrogen and oxygen atoms in total. The Kier molecular flexibility index (Phi) is 7.13. The van der Waals surface area contributed by atoms with Gasteiger partial charge in [-0.25, -0.2) is 0 Å². The first-order chi connectivity index (χ1) is 15.4. The summed E-state index contributed by atoms with van der Waals surface area (Å²) in [5, 5.41) is 9.33. The van der Waals surface area contributed by atoms with Crippen molar-refractivity contribution in [2.75, 3.05) is 5.32 Å². The lowest BCUT2D eigenvalue weighted by atomic mass is 10.1. The number of anilines is 1. The quantitative estimate of drug-likeness (QED) is 0.259. The molecule has 0 fully saturated rings. The van der Waals surface area contributed by atoms with E-state index in [2.05, 4.69) is 48.3 Å². The zero-order chi connectivity index (χ0) is 22.7. The first kappa shape index (κ1) is 22.8. The van der Waals surface area contributed by atoms with Crippen LogP contribution in [-0.2, 0) is 13.2 Å². The molecule has 2 aromatic heterocycles. The Morgan fingerprint density at radius 1 is 1.06 bits per heavy atom. The average Bonchev–Trinajstić information content (AvgIpc) is 3.34. The normalized spacial score (nSPS) is 10.9. The van der Waals surface area contributed by atoms with E-state index in [9.17, 15) is 4.79 Å². The van der Waals surface area contributed by atoms with Crippen LogP contribution >= 0.6 is 43.2 Å². The van der Waals surface area contributed by atoms with Gasteiger partial charge in [0.25, 0.3) is 5.91 Å². The van der Waals surface area contributed by atoms with Crippen molar-refractivity contribution < 1.29 is 9.53 Å². The van der Waals surface area contributed by atoms with Crippen LogP contribution in [0, 0.1) is 13.8 Å². The molecule has 0 spiro atoms. The van der Waals surface area contributed by atoms with Crippen LogP contribution in [0.25, 0.3) is 0 Å². The van der Waals surface area contributed by atoms with Gasteiger partial charge in [-0.3, -0.25) is 9.48 Å². The van der Waals surface area contributed by atoms with Crippen LogP contribution in [-0.4, -0.2) is 15.7 Å². The van der Waals surface area contributed by atoms with E-state index in [0.29, 0.717) is 23.8 Å². The number of nitrogens with one attached hydrogen (secondary N) is 1. The number of carbonyl (C=O) groups is 1. The van der Waals surface area contributed by atoms with Gasteiger partial charge in [0.05, 0.1) is 15.9 Å². The molecule has 32 heavy (non-hydrogen) atoms. The number of aryl methyl sites for hydroxylation is 2. The van der Waals surface area contributed by atoms with Crippen LogP contribution in [0.3, 0.4) is 0 Å². The number of benzene rings is 2. The van der Waals surface area contributed by atoms with Crippen molar-refractivity contribution in [1.82, 2.24) is 9.78 Å². The standard InChI is InChI=1S/C24H21Br2N3O2S/c1-15-7-16(2)9-20(8-15)31-13-18-10-22(32-14-18)24(30)27-23-21(26)12-29(28-23)11-17-3-5-19(25)6-4-17/h3-10,12,14H,11,13H2,1-2H3,(H,27,28,30). The number of nitrogens with zero attached hydrogens (tertiary/aromatic N) is 2. The molecule has 0 atom stereocenters. The first-order valence-electron chi connectivity index (χ1n) is 9.93. The number of hydrogen-bond acceptors (Lipinski definition) is 4. The number of halogens is 2. The number of rotatable bonds is 7. The van der Waals surface area contributed by atoms with E-state index in [1.165, 1.54) is 11.3 Å². The van der Waals surface area contributed by atoms with Gasteiger partial charge >= 0.3 is 0 Å². The maximum absolute atomic E-state index is 12.7. The molecule has 4 aromatic rings. The zero-order valence-electron chi connectivity index (χ0n) is 17.6. The van der Waals surface area contributed by atoms with Crippen molar-refractivity contribution in [3.8, 4) is 5.75 Å². The van der Waals surface area contributed by atoms with Crippen molar-refractivity contribution >= 4 is 54.9 Å². The number of amides is 1. The third-order valence-electron chi connectivity index (χ3n) is 4.69. The number of hydrogen-bond donors (Lipinski definition) is 1. The van der Waals surface area contributed by atoms with E-state index >= 15 is 0 Å². The molecule has 4 rings (SSSR count). The first-order valence-corrected chi connectivity index (χ1v) is 12.4. The van der Waals surface area contributed by atoms with Crippen LogP contribution in [0.5, 0.6) is 5.75 Å². The van der Waals surface area contributed by atoms with Gasteiger partial charge in [-0.1, -0.05) is 34.1 Å². The highest BCUT2D eigenvalue weighted by atomic mass is 79.9. The zero-order valence-corrected chi connectivity index (χ0v) is 21.6. The van der Waals surface area contributed by atoms with Gasteiger partial charge in [-0.2, -0.15) is 5.10 Å². The molecule has 0 radical (unpaired) electrons. The Hall–Kier alpha value is -2.42. The molecule has 0 bridgehead atoms. The second-order valence-corrected chi connectivity index (χ2v) is 10.2. The van der Waals surface area contributed by atoms with E-state index < -0.39 is 0 Å². The Morgan fingerprint density at radius 2 is 1.78 bits per heavy atom. The summed E-state index contributed by atoms with van der Waals surface area (Å²) >= 11 is 8.32. The van der Waals surface area contributed by atoms with E-state index in [1.54, 1.807) is 4.68 Å². The second kappa shape index (κ2) is 10.0. The van der Waals surface area contributed by atoms with Crippen LogP contribution in [0.2, 0.25) is 0 Å². The largest absolute Gasteiger partial charge is 0.489 e. The summed E-state index contributed by atoms with van der Waals surface area (Å²) in [4.78, 5) is 13.3. The Balaban J connectivity index is 1.37. The van der Waals surface area contributed by atoms with E-state index in [1.807, 2.05) is 67.9 Å². The molecule has 1 N–H and O–H groups in total. The van der Waals surface area contributed by atoms with Crippen LogP contribution in [0.4, 0.5) is 5.82 Å². The van der Waals surface area contributed by atoms with Gasteiger partial charge in [0.1, 0.15) is 12.4 Å². The van der Waals surface area contributed by atoms with Crippen LogP contribution in [0.15, 0.2) is 69.1 Å². The fourth-order valence-electron chi connectivity index (χ4n) is 3.26. The number of thiophene rings is 1. The Labute approximate surface area is 207 Å². The van der Waals surface area contributed by atoms with Crippen molar-refractivity contribution in [2.45, 2.75) is 27.0 Å². The second-order valence-electron chi connectivity index (χ2n) is 7.54. The number of ether oxygens (including phenoxy) is 1. The van der Waals surface area contributed by atoms with Gasteiger partial charge in [0.2, 0.25) is 0 Å². The highest BCUT2D eigenvalue weighted by Gasteiger charge is 2.14. The third kappa shape index (κ3) is 5.88. The minimum absolute atomic E-state index is 0.192. The predicted octanol–water partition coefficient (Wildman–Crippen LogP) is 6.97. The lowest BCUT2D eigenvalue weighted by Gasteiger charge is -2.07. The van der Waals surface area contributed by atoms with Crippen LogP contribution < -0.4 is 10.1 Å². The molecule has 0 aliphatic rings. The average molecular weight is 575 g/mol. The van der Waals surface area contributed by atoms with E-state index in [0.717, 1.165) is 36.9 Å². The van der Waals surface area contributed by atoms with Gasteiger partial charge < -0.3 is 10.1 Å². The van der Waals surface area contributed by atoms with Crippen molar-refractivity contribution in [3.63, 3.8) is 0 Å². The van der Waals surface area contributed by atoms with Gasteiger partial charge in [-0.05, 0) is 82.2 Å². The summed E-state index contributed by atoms with van der Waals surface area (Å²) in [5.41, 5.74) is 4.40. The van der Waals surface area contributed by atoms with Crippen molar-refractivity contribution in [2.24, 2.45) is 0 Å². The van der Waals surface area contributed by atoms with Gasteiger partial charge in [0, 0.05) is 16.2 Å². The summed E-state index contributed by atoms with van der Waals surface area (Å²) < 4.78 is 9.46. The predicted molar refractivity (Wildman–Crippen MR) is 136 cm³/mol. The molecular weight excluding hydrogens is 554 g/mol. The Bertz CT molecular complexity index is 1230. The monoisotopic (exact) mass is 573 g/mol. The molecule has 2 aromatic carbocycles. The molecule has 0 aliphatic heterocycles. The molecule has 0 saturated carbocycles. The minimum Gasteiger partial charge on any atom is -0.489 e. The van der Waals surface area contributed by atoms with E-state index in [4.69, 9.17) is 4.74 Å². The molecule has 0 aliphatic carbocycles. The maximum atomic E-state index is 12.7. The summed E-state index contributed by atoms with van der Waals surface area (Å²) in [5.74, 6) is 1.13. The SMILES string of the molecule is Cc1cc(C)cc(OCc2csc(C(=O)Nc3nn(Cc4ccc(Br)cc4)cc3Br)c2)c1. The summed E-state index contributed by atoms with van der Waals surface area (Å²) in [7, 11) is 0. The van der Waals surface area contributed by atoms with Crippen molar-refractivity contribution in [1.29, 1.82) is 0 Å². The Morgan fingerprint density at radius 3 is 2.50 bits per heavy atom. The molecule has 0 saturated heterocycles. The molecule has 1 amide bonds. The molecule has 0 unspecified atom stereocenters. The van der Waals surface area contributed by atoms with Gasteiger partial charge in [0.15, 0.2) is 5.82 Å². The maximum Gasteiger partial charge on any atom is 0.266 e. The number of carbonyl (C=O) groups excluding carboxylic acids is 1. The molecule has 164 valence electrons. The van der Waals surface area contributed by atoms with Crippen molar-refractivity contribution in [3.05, 3.63) is 96.2 Å². The van der Waals surface area contributed by atoms with E-state index in [-0.39, 0.29) is 5.91 Å². The summed E-state index contributed by atoms with van der Waals surface area (Å²) in [6.07, 6.45) is 1.86. The molecule has 8 heteroatoms. The highest BCUT2D eigenvalue weighted by Crippen LogP contribution is 2.24. The smallest absolute Gasteiger partial charge is 0.266 e. The lowest BCUT2D eigenvalue weighted by molar-refractivity contribution is 0.103. The molecular formula is C24H21Br2N3O2S. The highest BCUT2D eigenvalue weighted by molar-refractivity contribution is 9.10. The van der Waals surface area contributed by atoms with Crippen LogP contribution in [0.1, 0.15) is 31.9 Å². The fraction of sp³-hybridized carbons (Fsp3) is 0.167.